The van der Waals surface area contributed by atoms with Crippen LogP contribution in [0.1, 0.15) is 18.2 Å². The molecule has 0 aromatic carbocycles. The van der Waals surface area contributed by atoms with Crippen LogP contribution >= 0.6 is 0 Å². The second-order valence-corrected chi connectivity index (χ2v) is 4.20. The summed E-state index contributed by atoms with van der Waals surface area (Å²) in [5.41, 5.74) is 9.00. The van der Waals surface area contributed by atoms with Crippen molar-refractivity contribution in [2.24, 2.45) is 11.7 Å². The van der Waals surface area contributed by atoms with E-state index in [9.17, 15) is 0 Å². The van der Waals surface area contributed by atoms with Gasteiger partial charge in [-0.15, -0.1) is 0 Å². The molecule has 80 valence electrons. The zero-order chi connectivity index (χ0) is 10.8. The van der Waals surface area contributed by atoms with E-state index in [-0.39, 0.29) is 0 Å². The summed E-state index contributed by atoms with van der Waals surface area (Å²) in [6.07, 6.45) is 5.08. The lowest BCUT2D eigenvalue weighted by Gasteiger charge is -2.03. The summed E-state index contributed by atoms with van der Waals surface area (Å²) in [4.78, 5) is 4.61. The van der Waals surface area contributed by atoms with Gasteiger partial charge in [0.2, 0.25) is 0 Å². The number of aryl methyl sites for hydroxylation is 1. The van der Waals surface area contributed by atoms with Gasteiger partial charge in [-0.25, -0.2) is 4.98 Å². The molecule has 1 atom stereocenters. The van der Waals surface area contributed by atoms with Gasteiger partial charge in [0.05, 0.1) is 5.69 Å². The van der Waals surface area contributed by atoms with Gasteiger partial charge in [0.1, 0.15) is 5.65 Å². The molecule has 0 amide bonds. The largest absolute Gasteiger partial charge is 0.330 e. The number of imidazole rings is 1. The van der Waals surface area contributed by atoms with Crippen LogP contribution < -0.4 is 5.73 Å². The maximum atomic E-state index is 5.61. The van der Waals surface area contributed by atoms with E-state index in [4.69, 9.17) is 5.73 Å². The van der Waals surface area contributed by atoms with Gasteiger partial charge in [-0.1, -0.05) is 13.0 Å². The number of fused-ring (bicyclic) bond motifs is 1. The standard InChI is InChI=1S/C12H17N3/c1-9(7-13)6-11-8-15-5-3-4-10(2)12(15)14-11/h3-5,8-9H,6-7,13H2,1-2H3. The molecule has 3 nitrogen and oxygen atoms in total. The van der Waals surface area contributed by atoms with Gasteiger partial charge in [0, 0.05) is 12.4 Å². The van der Waals surface area contributed by atoms with E-state index in [0.29, 0.717) is 12.5 Å². The second kappa shape index (κ2) is 4.03. The zero-order valence-corrected chi connectivity index (χ0v) is 9.27. The van der Waals surface area contributed by atoms with Gasteiger partial charge in [0.15, 0.2) is 0 Å². The quantitative estimate of drug-likeness (QED) is 0.826. The fourth-order valence-corrected chi connectivity index (χ4v) is 1.74. The van der Waals surface area contributed by atoms with E-state index in [1.807, 2.05) is 12.3 Å². The van der Waals surface area contributed by atoms with Crippen molar-refractivity contribution in [1.82, 2.24) is 9.38 Å². The Morgan fingerprint density at radius 3 is 3.00 bits per heavy atom. The number of hydrogen-bond donors (Lipinski definition) is 1. The first-order valence-corrected chi connectivity index (χ1v) is 5.34. The van der Waals surface area contributed by atoms with E-state index < -0.39 is 0 Å². The highest BCUT2D eigenvalue weighted by Crippen LogP contribution is 2.12. The lowest BCUT2D eigenvalue weighted by atomic mass is 10.1. The highest BCUT2D eigenvalue weighted by Gasteiger charge is 2.06. The van der Waals surface area contributed by atoms with Crippen molar-refractivity contribution < 1.29 is 0 Å². The molecule has 15 heavy (non-hydrogen) atoms. The first-order chi connectivity index (χ1) is 7.20. The van der Waals surface area contributed by atoms with Gasteiger partial charge in [-0.05, 0) is 37.4 Å². The van der Waals surface area contributed by atoms with Crippen molar-refractivity contribution in [1.29, 1.82) is 0 Å². The minimum absolute atomic E-state index is 0.496. The third-order valence-electron chi connectivity index (χ3n) is 2.69. The van der Waals surface area contributed by atoms with Gasteiger partial charge in [0.25, 0.3) is 0 Å². The summed E-state index contributed by atoms with van der Waals surface area (Å²) in [6, 6.07) is 4.12. The molecule has 1 unspecified atom stereocenters. The molecular formula is C12H17N3. The van der Waals surface area contributed by atoms with Crippen molar-refractivity contribution >= 4 is 5.65 Å². The number of aromatic nitrogens is 2. The van der Waals surface area contributed by atoms with Crippen molar-refractivity contribution in [2.75, 3.05) is 6.54 Å². The summed E-state index contributed by atoms with van der Waals surface area (Å²) in [7, 11) is 0. The average Bonchev–Trinajstić information content (AvgIpc) is 2.62. The summed E-state index contributed by atoms with van der Waals surface area (Å²) in [6.45, 7) is 4.95. The molecule has 0 saturated heterocycles. The molecule has 0 radical (unpaired) electrons. The molecule has 0 aliphatic heterocycles. The molecule has 2 N–H and O–H groups in total. The first-order valence-electron chi connectivity index (χ1n) is 5.34. The Labute approximate surface area is 89.9 Å². The Morgan fingerprint density at radius 2 is 2.33 bits per heavy atom. The Bertz CT molecular complexity index is 459. The van der Waals surface area contributed by atoms with Crippen molar-refractivity contribution in [3.8, 4) is 0 Å². The predicted molar refractivity (Wildman–Crippen MR) is 61.9 cm³/mol. The number of nitrogens with zero attached hydrogens (tertiary/aromatic N) is 2. The average molecular weight is 203 g/mol. The number of pyridine rings is 1. The van der Waals surface area contributed by atoms with Crippen LogP contribution in [0.15, 0.2) is 24.5 Å². The fraction of sp³-hybridized carbons (Fsp3) is 0.417. The summed E-state index contributed by atoms with van der Waals surface area (Å²) in [5.74, 6) is 0.496. The highest BCUT2D eigenvalue weighted by molar-refractivity contribution is 5.47. The van der Waals surface area contributed by atoms with Crippen molar-refractivity contribution in [3.63, 3.8) is 0 Å². The van der Waals surface area contributed by atoms with Crippen LogP contribution in [0.25, 0.3) is 5.65 Å². The van der Waals surface area contributed by atoms with Crippen LogP contribution in [0.5, 0.6) is 0 Å². The molecule has 0 bridgehead atoms. The topological polar surface area (TPSA) is 43.3 Å². The lowest BCUT2D eigenvalue weighted by Crippen LogP contribution is -2.13. The summed E-state index contributed by atoms with van der Waals surface area (Å²) in [5, 5.41) is 0. The van der Waals surface area contributed by atoms with Crippen molar-refractivity contribution in [3.05, 3.63) is 35.8 Å². The molecule has 3 heteroatoms. The van der Waals surface area contributed by atoms with Crippen LogP contribution in [0.2, 0.25) is 0 Å². The second-order valence-electron chi connectivity index (χ2n) is 4.20. The Kier molecular flexibility index (Phi) is 2.73. The Hall–Kier alpha value is -1.35. The van der Waals surface area contributed by atoms with E-state index >= 15 is 0 Å². The SMILES string of the molecule is Cc1cccn2cc(CC(C)CN)nc12. The minimum Gasteiger partial charge on any atom is -0.330 e. The number of nitrogens with two attached hydrogens (primary N) is 1. The summed E-state index contributed by atoms with van der Waals surface area (Å²) < 4.78 is 2.08. The monoisotopic (exact) mass is 203 g/mol. The zero-order valence-electron chi connectivity index (χ0n) is 9.27. The van der Waals surface area contributed by atoms with E-state index in [1.54, 1.807) is 0 Å². The number of rotatable bonds is 3. The molecule has 0 aliphatic carbocycles. The van der Waals surface area contributed by atoms with E-state index in [0.717, 1.165) is 17.8 Å². The van der Waals surface area contributed by atoms with Gasteiger partial charge >= 0.3 is 0 Å². The van der Waals surface area contributed by atoms with E-state index in [1.165, 1.54) is 5.56 Å². The molecular weight excluding hydrogens is 186 g/mol. The maximum Gasteiger partial charge on any atom is 0.139 e. The molecule has 0 fully saturated rings. The van der Waals surface area contributed by atoms with Gasteiger partial charge < -0.3 is 10.1 Å². The smallest absolute Gasteiger partial charge is 0.139 e. The maximum absolute atomic E-state index is 5.61. The van der Waals surface area contributed by atoms with Crippen LogP contribution in [-0.4, -0.2) is 15.9 Å². The van der Waals surface area contributed by atoms with Crippen molar-refractivity contribution in [2.45, 2.75) is 20.3 Å². The molecule has 0 spiro atoms. The molecule has 2 rings (SSSR count). The highest BCUT2D eigenvalue weighted by atomic mass is 15.0. The fourth-order valence-electron chi connectivity index (χ4n) is 1.74. The molecule has 0 saturated carbocycles. The normalized spacial score (nSPS) is 13.3. The molecule has 2 aromatic rings. The third-order valence-corrected chi connectivity index (χ3v) is 2.69. The molecule has 2 heterocycles. The van der Waals surface area contributed by atoms with Crippen LogP contribution in [0.4, 0.5) is 0 Å². The van der Waals surface area contributed by atoms with Crippen LogP contribution in [-0.2, 0) is 6.42 Å². The number of hydrogen-bond acceptors (Lipinski definition) is 2. The Morgan fingerprint density at radius 1 is 1.53 bits per heavy atom. The van der Waals surface area contributed by atoms with E-state index in [2.05, 4.69) is 35.5 Å². The lowest BCUT2D eigenvalue weighted by molar-refractivity contribution is 0.586. The van der Waals surface area contributed by atoms with Crippen LogP contribution in [0.3, 0.4) is 0 Å². The first kappa shape index (κ1) is 10.2. The molecule has 0 aliphatic rings. The molecule has 2 aromatic heterocycles. The van der Waals surface area contributed by atoms with Crippen LogP contribution in [0, 0.1) is 12.8 Å². The minimum atomic E-state index is 0.496. The predicted octanol–water partition coefficient (Wildman–Crippen LogP) is 1.78. The summed E-state index contributed by atoms with van der Waals surface area (Å²) >= 11 is 0. The van der Waals surface area contributed by atoms with Gasteiger partial charge in [-0.2, -0.15) is 0 Å². The third kappa shape index (κ3) is 2.02. The Balaban J connectivity index is 2.35. The van der Waals surface area contributed by atoms with Gasteiger partial charge in [-0.3, -0.25) is 0 Å².